The third kappa shape index (κ3) is 7.01. The van der Waals surface area contributed by atoms with E-state index >= 15 is 0 Å². The molecule has 1 fully saturated rings. The largest absolute Gasteiger partial charge is 0.378 e. The molecule has 0 aliphatic heterocycles. The molecule has 0 aromatic heterocycles. The van der Waals surface area contributed by atoms with Crippen LogP contribution in [-0.4, -0.2) is 26.9 Å². The van der Waals surface area contributed by atoms with Crippen LogP contribution in [-0.2, 0) is 14.8 Å². The van der Waals surface area contributed by atoms with Crippen molar-refractivity contribution < 1.29 is 13.2 Å². The van der Waals surface area contributed by atoms with Gasteiger partial charge in [-0.1, -0.05) is 32.6 Å². The molecule has 102 valence electrons. The Hall–Kier alpha value is -0.130. The van der Waals surface area contributed by atoms with Gasteiger partial charge >= 0.3 is 0 Å². The fourth-order valence-corrected chi connectivity index (χ4v) is 3.38. The number of hydrogen-bond donors (Lipinski definition) is 1. The second kappa shape index (κ2) is 7.34. The lowest BCUT2D eigenvalue weighted by Gasteiger charge is -2.24. The predicted octanol–water partition coefficient (Wildman–Crippen LogP) is 2.04. The first-order chi connectivity index (χ1) is 8.01. The van der Waals surface area contributed by atoms with Gasteiger partial charge in [0, 0.05) is 0 Å². The average Bonchev–Trinajstić information content (AvgIpc) is 2.26. The first-order valence-electron chi connectivity index (χ1n) is 6.63. The molecule has 4 nitrogen and oxygen atoms in total. The van der Waals surface area contributed by atoms with Crippen LogP contribution >= 0.6 is 0 Å². The maximum atomic E-state index is 11.1. The molecule has 17 heavy (non-hydrogen) atoms. The van der Waals surface area contributed by atoms with E-state index in [1.807, 2.05) is 0 Å². The van der Waals surface area contributed by atoms with Gasteiger partial charge in [0.15, 0.2) is 0 Å². The number of primary sulfonamides is 1. The van der Waals surface area contributed by atoms with Gasteiger partial charge in [-0.3, -0.25) is 0 Å². The molecular weight excluding hydrogens is 238 g/mol. The summed E-state index contributed by atoms with van der Waals surface area (Å²) in [5.41, 5.74) is 0. The van der Waals surface area contributed by atoms with Crippen LogP contribution in [0.1, 0.15) is 51.9 Å². The monoisotopic (exact) mass is 263 g/mol. The van der Waals surface area contributed by atoms with Gasteiger partial charge in [-0.25, -0.2) is 13.6 Å². The molecule has 1 atom stereocenters. The summed E-state index contributed by atoms with van der Waals surface area (Å²) in [5, 5.41) is 5.09. The van der Waals surface area contributed by atoms with Crippen LogP contribution in [0.5, 0.6) is 0 Å². The van der Waals surface area contributed by atoms with E-state index in [9.17, 15) is 8.42 Å². The molecular formula is C12H25NO3S. The maximum absolute atomic E-state index is 11.1. The highest BCUT2D eigenvalue weighted by molar-refractivity contribution is 7.89. The summed E-state index contributed by atoms with van der Waals surface area (Å²) in [6, 6.07) is 0. The summed E-state index contributed by atoms with van der Waals surface area (Å²) in [6.07, 6.45) is 8.18. The van der Waals surface area contributed by atoms with Crippen molar-refractivity contribution in [2.45, 2.75) is 58.0 Å². The Balaban J connectivity index is 2.32. The summed E-state index contributed by atoms with van der Waals surface area (Å²) < 4.78 is 28.0. The fourth-order valence-electron chi connectivity index (χ4n) is 2.46. The smallest absolute Gasteiger partial charge is 0.209 e. The van der Waals surface area contributed by atoms with E-state index < -0.39 is 10.0 Å². The van der Waals surface area contributed by atoms with E-state index in [0.29, 0.717) is 12.7 Å². The molecule has 0 radical (unpaired) electrons. The lowest BCUT2D eigenvalue weighted by Crippen LogP contribution is -2.28. The van der Waals surface area contributed by atoms with Crippen molar-refractivity contribution in [1.82, 2.24) is 0 Å². The molecule has 0 aromatic carbocycles. The van der Waals surface area contributed by atoms with Gasteiger partial charge in [0.25, 0.3) is 0 Å². The summed E-state index contributed by atoms with van der Waals surface area (Å²) in [5.74, 6) is 0.102. The topological polar surface area (TPSA) is 69.4 Å². The summed E-state index contributed by atoms with van der Waals surface area (Å²) in [7, 11) is -3.38. The van der Waals surface area contributed by atoms with Crippen LogP contribution in [0.4, 0.5) is 0 Å². The Morgan fingerprint density at radius 2 is 1.94 bits per heavy atom. The van der Waals surface area contributed by atoms with Crippen molar-refractivity contribution in [2.75, 3.05) is 12.4 Å². The molecule has 0 amide bonds. The Morgan fingerprint density at radius 1 is 1.29 bits per heavy atom. The highest BCUT2D eigenvalue weighted by Gasteiger charge is 2.19. The number of rotatable bonds is 7. The van der Waals surface area contributed by atoms with Crippen molar-refractivity contribution >= 4 is 10.0 Å². The summed E-state index contributed by atoms with van der Waals surface area (Å²) in [4.78, 5) is 0. The second-order valence-corrected chi connectivity index (χ2v) is 6.74. The van der Waals surface area contributed by atoms with E-state index in [1.54, 1.807) is 0 Å². The minimum absolute atomic E-state index is 0.0492. The Morgan fingerprint density at radius 3 is 2.47 bits per heavy atom. The lowest BCUT2D eigenvalue weighted by atomic mass is 9.97. The third-order valence-electron chi connectivity index (χ3n) is 3.28. The number of ether oxygens (including phenoxy) is 1. The maximum Gasteiger partial charge on any atom is 0.209 e. The van der Waals surface area contributed by atoms with Crippen molar-refractivity contribution in [3.05, 3.63) is 0 Å². The van der Waals surface area contributed by atoms with Gasteiger partial charge < -0.3 is 4.74 Å². The molecule has 5 heteroatoms. The summed E-state index contributed by atoms with van der Waals surface area (Å²) >= 11 is 0. The minimum atomic E-state index is -3.38. The molecule has 1 aliphatic rings. The molecule has 1 saturated carbocycles. The van der Waals surface area contributed by atoms with Gasteiger partial charge in [0.2, 0.25) is 10.0 Å². The van der Waals surface area contributed by atoms with E-state index in [4.69, 9.17) is 9.88 Å². The zero-order chi connectivity index (χ0) is 12.7. The van der Waals surface area contributed by atoms with Gasteiger partial charge in [-0.15, -0.1) is 0 Å². The van der Waals surface area contributed by atoms with Crippen LogP contribution in [0.15, 0.2) is 0 Å². The molecule has 0 aromatic rings. The zero-order valence-corrected chi connectivity index (χ0v) is 11.5. The molecule has 1 unspecified atom stereocenters. The van der Waals surface area contributed by atoms with Gasteiger partial charge in [-0.2, -0.15) is 0 Å². The lowest BCUT2D eigenvalue weighted by molar-refractivity contribution is 0.00993. The fraction of sp³-hybridized carbons (Fsp3) is 1.00. The normalized spacial score (nSPS) is 20.4. The molecule has 1 aliphatic carbocycles. The van der Waals surface area contributed by atoms with Crippen LogP contribution in [0, 0.1) is 5.92 Å². The highest BCUT2D eigenvalue weighted by atomic mass is 32.2. The minimum Gasteiger partial charge on any atom is -0.378 e. The van der Waals surface area contributed by atoms with Crippen LogP contribution in [0.3, 0.4) is 0 Å². The van der Waals surface area contributed by atoms with Gasteiger partial charge in [-0.05, 0) is 25.2 Å². The van der Waals surface area contributed by atoms with Crippen molar-refractivity contribution in [2.24, 2.45) is 11.1 Å². The number of sulfonamides is 1. The van der Waals surface area contributed by atoms with E-state index in [-0.39, 0.29) is 11.7 Å². The van der Waals surface area contributed by atoms with Crippen LogP contribution in [0.25, 0.3) is 0 Å². The number of hydrogen-bond acceptors (Lipinski definition) is 3. The SMILES string of the molecule is CCCC(COC1CCCCC1)CS(N)(=O)=O. The first-order valence-corrected chi connectivity index (χ1v) is 8.35. The Kier molecular flexibility index (Phi) is 6.44. The molecule has 0 bridgehead atoms. The number of nitrogens with two attached hydrogens (primary N) is 1. The second-order valence-electron chi connectivity index (χ2n) is 5.08. The van der Waals surface area contributed by atoms with Crippen LogP contribution < -0.4 is 5.14 Å². The van der Waals surface area contributed by atoms with E-state index in [1.165, 1.54) is 19.3 Å². The predicted molar refractivity (Wildman–Crippen MR) is 69.2 cm³/mol. The molecule has 0 saturated heterocycles. The average molecular weight is 263 g/mol. The molecule has 1 rings (SSSR count). The quantitative estimate of drug-likeness (QED) is 0.764. The molecule has 2 N–H and O–H groups in total. The van der Waals surface area contributed by atoms with Crippen molar-refractivity contribution in [3.8, 4) is 0 Å². The van der Waals surface area contributed by atoms with Crippen LogP contribution in [0.2, 0.25) is 0 Å². The molecule has 0 spiro atoms. The van der Waals surface area contributed by atoms with Gasteiger partial charge in [0.1, 0.15) is 0 Å². The molecule has 0 heterocycles. The van der Waals surface area contributed by atoms with Gasteiger partial charge in [0.05, 0.1) is 18.5 Å². The highest BCUT2D eigenvalue weighted by Crippen LogP contribution is 2.21. The standard InChI is InChI=1S/C12H25NO3S/c1-2-6-11(10-17(13,14)15)9-16-12-7-4-3-5-8-12/h11-12H,2-10H2,1H3,(H2,13,14,15). The summed E-state index contributed by atoms with van der Waals surface area (Å²) in [6.45, 7) is 2.59. The first kappa shape index (κ1) is 14.9. The van der Waals surface area contributed by atoms with Crippen molar-refractivity contribution in [1.29, 1.82) is 0 Å². The van der Waals surface area contributed by atoms with E-state index in [0.717, 1.165) is 25.7 Å². The van der Waals surface area contributed by atoms with E-state index in [2.05, 4.69) is 6.92 Å². The Labute approximate surface area is 105 Å². The Bertz CT molecular complexity index is 297. The zero-order valence-electron chi connectivity index (χ0n) is 10.7. The third-order valence-corrected chi connectivity index (χ3v) is 4.22. The van der Waals surface area contributed by atoms with Crippen molar-refractivity contribution in [3.63, 3.8) is 0 Å².